The second-order valence-electron chi connectivity index (χ2n) is 7.39. The molecule has 0 radical (unpaired) electrons. The van der Waals surface area contributed by atoms with E-state index in [-0.39, 0.29) is 0 Å². The van der Waals surface area contributed by atoms with E-state index >= 15 is 0 Å². The van der Waals surface area contributed by atoms with E-state index in [2.05, 4.69) is 89.1 Å². The number of hydrogen-bond acceptors (Lipinski definition) is 1. The van der Waals surface area contributed by atoms with Crippen LogP contribution in [-0.4, -0.2) is 22.1 Å². The predicted molar refractivity (Wildman–Crippen MR) is 98.7 cm³/mol. The SMILES string of the molecule is CC(C)=C[Si](CNc1ccccc1)([SiH](C)C)C(C)(C)C. The molecule has 0 saturated carbocycles. The van der Waals surface area contributed by atoms with Crippen LogP contribution in [0, 0.1) is 0 Å². The number of allylic oxidation sites excluding steroid dienone is 1. The lowest BCUT2D eigenvalue weighted by molar-refractivity contribution is 0.732. The molecule has 20 heavy (non-hydrogen) atoms. The maximum atomic E-state index is 3.73. The second-order valence-corrected chi connectivity index (χ2v) is 20.5. The number of para-hydroxylation sites is 1. The standard InChI is InChI=1S/C17H31NSi2/c1-15(2)13-20(19(6)7,17(3,4)5)14-18-16-11-9-8-10-12-16/h8-13,18-19H,14H2,1-7H3. The summed E-state index contributed by atoms with van der Waals surface area (Å²) < 4.78 is 0. The molecule has 0 aliphatic heterocycles. The van der Waals surface area contributed by atoms with E-state index in [1.165, 1.54) is 11.3 Å². The van der Waals surface area contributed by atoms with Gasteiger partial charge in [-0.3, -0.25) is 0 Å². The Morgan fingerprint density at radius 2 is 1.70 bits per heavy atom. The fourth-order valence-corrected chi connectivity index (χ4v) is 16.9. The molecule has 0 spiro atoms. The number of hydrogen-bond donors (Lipinski definition) is 1. The van der Waals surface area contributed by atoms with Crippen LogP contribution >= 0.6 is 0 Å². The van der Waals surface area contributed by atoms with E-state index in [1.807, 2.05) is 0 Å². The minimum Gasteiger partial charge on any atom is -0.388 e. The Labute approximate surface area is 127 Å². The minimum atomic E-state index is -1.45. The van der Waals surface area contributed by atoms with Crippen molar-refractivity contribution in [3.63, 3.8) is 0 Å². The van der Waals surface area contributed by atoms with Gasteiger partial charge in [0.25, 0.3) is 0 Å². The summed E-state index contributed by atoms with van der Waals surface area (Å²) in [5, 5.41) is 4.14. The van der Waals surface area contributed by atoms with E-state index in [9.17, 15) is 0 Å². The summed E-state index contributed by atoms with van der Waals surface area (Å²) in [6.45, 7) is 16.9. The Morgan fingerprint density at radius 1 is 1.15 bits per heavy atom. The van der Waals surface area contributed by atoms with Crippen LogP contribution in [0.2, 0.25) is 18.1 Å². The van der Waals surface area contributed by atoms with Gasteiger partial charge in [-0.15, -0.1) is 0 Å². The number of anilines is 1. The lowest BCUT2D eigenvalue weighted by atomic mass is 10.2. The van der Waals surface area contributed by atoms with E-state index in [0.717, 1.165) is 6.17 Å². The molecule has 1 unspecified atom stereocenters. The normalized spacial score (nSPS) is 14.8. The third-order valence-electron chi connectivity index (χ3n) is 4.33. The summed E-state index contributed by atoms with van der Waals surface area (Å²) in [4.78, 5) is 0. The lowest BCUT2D eigenvalue weighted by Crippen LogP contribution is -2.59. The molecule has 0 saturated heterocycles. The zero-order chi connectivity index (χ0) is 15.4. The zero-order valence-corrected chi connectivity index (χ0v) is 16.4. The highest BCUT2D eigenvalue weighted by molar-refractivity contribution is 7.36. The van der Waals surface area contributed by atoms with Crippen molar-refractivity contribution in [2.24, 2.45) is 0 Å². The molecule has 1 aromatic rings. The van der Waals surface area contributed by atoms with Crippen molar-refractivity contribution in [1.82, 2.24) is 0 Å². The van der Waals surface area contributed by atoms with Gasteiger partial charge in [0, 0.05) is 20.2 Å². The van der Waals surface area contributed by atoms with Crippen molar-refractivity contribution in [1.29, 1.82) is 0 Å². The molecule has 0 amide bonds. The summed E-state index contributed by atoms with van der Waals surface area (Å²) in [5.41, 5.74) is 5.41. The van der Waals surface area contributed by atoms with Crippen molar-refractivity contribution >= 4 is 21.6 Å². The maximum absolute atomic E-state index is 3.73. The molecule has 0 fully saturated rings. The van der Waals surface area contributed by atoms with Gasteiger partial charge in [-0.1, -0.05) is 63.3 Å². The molecule has 1 atom stereocenters. The van der Waals surface area contributed by atoms with Crippen LogP contribution in [0.5, 0.6) is 0 Å². The lowest BCUT2D eigenvalue weighted by Gasteiger charge is -2.44. The minimum absolute atomic E-state index is 0.409. The number of rotatable bonds is 5. The van der Waals surface area contributed by atoms with Crippen molar-refractivity contribution in [2.75, 3.05) is 11.5 Å². The predicted octanol–water partition coefficient (Wildman–Crippen LogP) is 4.96. The third-order valence-corrected chi connectivity index (χ3v) is 20.9. The Hall–Kier alpha value is -0.806. The first-order valence-electron chi connectivity index (χ1n) is 7.64. The van der Waals surface area contributed by atoms with E-state index in [0.29, 0.717) is 5.04 Å². The van der Waals surface area contributed by atoms with Gasteiger partial charge < -0.3 is 5.32 Å². The summed E-state index contributed by atoms with van der Waals surface area (Å²) in [7, 11) is -2.20. The highest BCUT2D eigenvalue weighted by Gasteiger charge is 2.45. The molecule has 0 aliphatic carbocycles. The fraction of sp³-hybridized carbons (Fsp3) is 0.529. The van der Waals surface area contributed by atoms with Crippen LogP contribution in [0.25, 0.3) is 0 Å². The Balaban J connectivity index is 3.07. The van der Waals surface area contributed by atoms with Gasteiger partial charge in [0.05, 0.1) is 7.59 Å². The maximum Gasteiger partial charge on any atom is 0.0925 e. The topological polar surface area (TPSA) is 12.0 Å². The van der Waals surface area contributed by atoms with Crippen molar-refractivity contribution < 1.29 is 0 Å². The highest BCUT2D eigenvalue weighted by atomic mass is 29.2. The van der Waals surface area contributed by atoms with Gasteiger partial charge in [-0.2, -0.15) is 0 Å². The molecule has 0 aliphatic rings. The van der Waals surface area contributed by atoms with Crippen molar-refractivity contribution in [3.05, 3.63) is 41.6 Å². The summed E-state index contributed by atoms with van der Waals surface area (Å²) >= 11 is 0. The second kappa shape index (κ2) is 6.77. The quantitative estimate of drug-likeness (QED) is 0.758. The van der Waals surface area contributed by atoms with Crippen LogP contribution in [-0.2, 0) is 0 Å². The summed E-state index contributed by atoms with van der Waals surface area (Å²) in [6.07, 6.45) is 1.16. The molecule has 1 aromatic carbocycles. The Morgan fingerprint density at radius 3 is 2.10 bits per heavy atom. The van der Waals surface area contributed by atoms with Gasteiger partial charge in [0.2, 0.25) is 0 Å². The molecule has 1 rings (SSSR count). The Kier molecular flexibility index (Phi) is 5.83. The first-order chi connectivity index (χ1) is 9.19. The number of nitrogens with one attached hydrogen (secondary N) is 1. The van der Waals surface area contributed by atoms with Crippen LogP contribution < -0.4 is 5.32 Å². The monoisotopic (exact) mass is 305 g/mol. The average Bonchev–Trinajstić information content (AvgIpc) is 2.33. The van der Waals surface area contributed by atoms with Crippen LogP contribution in [0.3, 0.4) is 0 Å². The first-order valence-corrected chi connectivity index (χ1v) is 14.0. The summed E-state index contributed by atoms with van der Waals surface area (Å²) in [6, 6.07) is 10.6. The first kappa shape index (κ1) is 17.2. The van der Waals surface area contributed by atoms with Crippen LogP contribution in [0.1, 0.15) is 34.6 Å². The van der Waals surface area contributed by atoms with Crippen molar-refractivity contribution in [2.45, 2.75) is 52.8 Å². The van der Waals surface area contributed by atoms with E-state index < -0.39 is 15.9 Å². The van der Waals surface area contributed by atoms with Gasteiger partial charge in [-0.05, 0) is 31.0 Å². The molecule has 0 aromatic heterocycles. The average molecular weight is 306 g/mol. The number of benzene rings is 1. The highest BCUT2D eigenvalue weighted by Crippen LogP contribution is 2.39. The van der Waals surface area contributed by atoms with Crippen molar-refractivity contribution in [3.8, 4) is 0 Å². The van der Waals surface area contributed by atoms with Gasteiger partial charge in [-0.25, -0.2) is 0 Å². The molecule has 1 nitrogen and oxygen atoms in total. The Bertz CT molecular complexity index is 442. The molecule has 0 bridgehead atoms. The van der Waals surface area contributed by atoms with Gasteiger partial charge >= 0.3 is 0 Å². The molecular weight excluding hydrogens is 274 g/mol. The van der Waals surface area contributed by atoms with E-state index in [1.54, 1.807) is 0 Å². The van der Waals surface area contributed by atoms with Gasteiger partial charge in [0.1, 0.15) is 0 Å². The molecule has 112 valence electrons. The van der Waals surface area contributed by atoms with E-state index in [4.69, 9.17) is 0 Å². The molecule has 0 heterocycles. The fourth-order valence-electron chi connectivity index (χ4n) is 3.09. The molecule has 1 N–H and O–H groups in total. The zero-order valence-electron chi connectivity index (χ0n) is 14.2. The van der Waals surface area contributed by atoms with Gasteiger partial charge in [0.15, 0.2) is 0 Å². The molecular formula is C17H31NSi2. The molecule has 3 heteroatoms. The summed E-state index contributed by atoms with van der Waals surface area (Å²) in [5.74, 6) is 0. The largest absolute Gasteiger partial charge is 0.388 e. The smallest absolute Gasteiger partial charge is 0.0925 e. The van der Waals surface area contributed by atoms with Crippen LogP contribution in [0.15, 0.2) is 41.6 Å². The van der Waals surface area contributed by atoms with Crippen LogP contribution in [0.4, 0.5) is 5.69 Å². The third kappa shape index (κ3) is 4.09.